The van der Waals surface area contributed by atoms with Crippen molar-refractivity contribution in [2.45, 2.75) is 20.0 Å². The van der Waals surface area contributed by atoms with E-state index in [2.05, 4.69) is 36.2 Å². The Balaban J connectivity index is 0.000000494. The third kappa shape index (κ3) is 6.39. The molecule has 0 aromatic carbocycles. The van der Waals surface area contributed by atoms with Crippen LogP contribution in [0.25, 0.3) is 0 Å². The van der Waals surface area contributed by atoms with Crippen LogP contribution in [-0.2, 0) is 10.8 Å². The molecule has 1 aliphatic rings. The normalized spacial score (nSPS) is 18.9. The maximum Gasteiger partial charge on any atom is 0.0975 e. The molecule has 2 unspecified atom stereocenters. The molecule has 0 radical (unpaired) electrons. The second kappa shape index (κ2) is 9.64. The molecule has 0 aliphatic carbocycles. The van der Waals surface area contributed by atoms with Gasteiger partial charge in [-0.15, -0.1) is 0 Å². The standard InChI is InChI=1S/C9H18N2OS.C2H3N3/c1-4-13(12)8-7-11-6-5-10(3)9(11)2;3-1-5-2-4/h5-6,9H,4,7-8H2,1-3H3;(H3,3,4,5)/q;-2. The van der Waals surface area contributed by atoms with Crippen molar-refractivity contribution in [2.24, 2.45) is 0 Å². The van der Waals surface area contributed by atoms with Gasteiger partial charge in [-0.2, -0.15) is 0 Å². The van der Waals surface area contributed by atoms with E-state index in [-0.39, 0.29) is 0 Å². The molecular weight excluding hydrogens is 250 g/mol. The van der Waals surface area contributed by atoms with Crippen molar-refractivity contribution >= 4 is 23.5 Å². The zero-order valence-corrected chi connectivity index (χ0v) is 11.9. The Morgan fingerprint density at radius 2 is 2.00 bits per heavy atom. The van der Waals surface area contributed by atoms with Crippen LogP contribution in [0, 0.1) is 10.8 Å². The number of hydrogen-bond donors (Lipinski definition) is 3. The minimum atomic E-state index is -0.643. The summed E-state index contributed by atoms with van der Waals surface area (Å²) in [5, 5.41) is 14.1. The van der Waals surface area contributed by atoms with E-state index >= 15 is 0 Å². The van der Waals surface area contributed by atoms with Crippen molar-refractivity contribution in [3.05, 3.63) is 12.4 Å². The molecule has 18 heavy (non-hydrogen) atoms. The monoisotopic (exact) mass is 271 g/mol. The van der Waals surface area contributed by atoms with Gasteiger partial charge >= 0.3 is 0 Å². The van der Waals surface area contributed by atoms with Gasteiger partial charge < -0.3 is 38.6 Å². The second-order valence-corrected chi connectivity index (χ2v) is 5.51. The molecule has 0 bridgehead atoms. The van der Waals surface area contributed by atoms with Crippen LogP contribution < -0.4 is 5.32 Å². The van der Waals surface area contributed by atoms with Crippen molar-refractivity contribution in [3.63, 3.8) is 0 Å². The maximum absolute atomic E-state index is 11.2. The van der Waals surface area contributed by atoms with Gasteiger partial charge in [-0.25, -0.2) is 0 Å². The minimum Gasteiger partial charge on any atom is -0.683 e. The fourth-order valence-electron chi connectivity index (χ4n) is 1.32. The van der Waals surface area contributed by atoms with E-state index in [0.717, 1.165) is 18.1 Å². The Morgan fingerprint density at radius 3 is 2.33 bits per heavy atom. The lowest BCUT2D eigenvalue weighted by Crippen LogP contribution is -2.35. The highest BCUT2D eigenvalue weighted by Gasteiger charge is 2.17. The van der Waals surface area contributed by atoms with E-state index in [0.29, 0.717) is 6.17 Å². The Bertz CT molecular complexity index is 302. The molecule has 7 heteroatoms. The summed E-state index contributed by atoms with van der Waals surface area (Å²) in [4.78, 5) is 4.36. The Hall–Kier alpha value is -1.37. The van der Waals surface area contributed by atoms with Gasteiger partial charge in [0.05, 0.1) is 6.17 Å². The average molecular weight is 271 g/mol. The number of hydrogen-bond acceptors (Lipinski definition) is 5. The molecule has 0 amide bonds. The average Bonchev–Trinajstić information content (AvgIpc) is 2.69. The summed E-state index contributed by atoms with van der Waals surface area (Å²) in [6.45, 7) is 5.00. The highest BCUT2D eigenvalue weighted by Crippen LogP contribution is 2.12. The Kier molecular flexibility index (Phi) is 8.91. The summed E-state index contributed by atoms with van der Waals surface area (Å²) in [5.74, 6) is 1.54. The van der Waals surface area contributed by atoms with Gasteiger partial charge in [-0.1, -0.05) is 6.92 Å². The summed E-state index contributed by atoms with van der Waals surface area (Å²) in [6, 6.07) is 0. The quantitative estimate of drug-likeness (QED) is 0.282. The van der Waals surface area contributed by atoms with E-state index in [4.69, 9.17) is 10.8 Å². The summed E-state index contributed by atoms with van der Waals surface area (Å²) < 4.78 is 11.2. The molecule has 0 fully saturated rings. The molecule has 1 rings (SSSR count). The van der Waals surface area contributed by atoms with Crippen LogP contribution in [-0.4, -0.2) is 57.9 Å². The zero-order valence-electron chi connectivity index (χ0n) is 11.1. The molecule has 104 valence electrons. The lowest BCUT2D eigenvalue weighted by atomic mass is 10.5. The van der Waals surface area contributed by atoms with Gasteiger partial charge in [-0.05, 0) is 6.92 Å². The Labute approximate surface area is 112 Å². The number of nitrogens with one attached hydrogen (secondary N) is 3. The van der Waals surface area contributed by atoms with Crippen LogP contribution in [0.1, 0.15) is 13.8 Å². The van der Waals surface area contributed by atoms with Gasteiger partial charge in [0.15, 0.2) is 0 Å². The fraction of sp³-hybridized carbons (Fsp3) is 0.636. The highest BCUT2D eigenvalue weighted by atomic mass is 32.2. The van der Waals surface area contributed by atoms with Crippen LogP contribution in [0.4, 0.5) is 0 Å². The van der Waals surface area contributed by atoms with E-state index in [1.165, 1.54) is 0 Å². The summed E-state index contributed by atoms with van der Waals surface area (Å²) in [5.41, 5.74) is 0. The first-order valence-corrected chi connectivity index (χ1v) is 7.15. The second-order valence-electron chi connectivity index (χ2n) is 3.64. The summed E-state index contributed by atoms with van der Waals surface area (Å²) >= 11 is 0. The van der Waals surface area contributed by atoms with Crippen LogP contribution in [0.3, 0.4) is 0 Å². The minimum absolute atomic E-state index is 0.411. The first-order chi connectivity index (χ1) is 8.56. The van der Waals surface area contributed by atoms with Crippen LogP contribution in [0.5, 0.6) is 0 Å². The van der Waals surface area contributed by atoms with Crippen molar-refractivity contribution in [1.82, 2.24) is 15.1 Å². The molecule has 3 N–H and O–H groups in total. The van der Waals surface area contributed by atoms with E-state index < -0.39 is 10.8 Å². The smallest absolute Gasteiger partial charge is 0.0975 e. The molecule has 0 saturated heterocycles. The van der Waals surface area contributed by atoms with E-state index in [1.807, 2.05) is 12.2 Å². The van der Waals surface area contributed by atoms with Gasteiger partial charge in [0.1, 0.15) is 0 Å². The molecular formula is C11H21N5OS-2. The Morgan fingerprint density at radius 1 is 1.39 bits per heavy atom. The lowest BCUT2D eigenvalue weighted by molar-refractivity contribution is 0.203. The lowest BCUT2D eigenvalue weighted by Gasteiger charge is -2.26. The zero-order chi connectivity index (χ0) is 14.0. The molecule has 0 spiro atoms. The number of nitrogens with zero attached hydrogens (tertiary/aromatic N) is 2. The van der Waals surface area contributed by atoms with Gasteiger partial charge in [-0.3, -0.25) is 4.21 Å². The van der Waals surface area contributed by atoms with Gasteiger partial charge in [0.25, 0.3) is 0 Å². The van der Waals surface area contributed by atoms with Crippen LogP contribution >= 0.6 is 0 Å². The predicted molar refractivity (Wildman–Crippen MR) is 75.2 cm³/mol. The highest BCUT2D eigenvalue weighted by molar-refractivity contribution is 7.84. The molecule has 1 aliphatic heterocycles. The SMILES string of the molecule is CCS(=O)CCN1C=CN(C)C1C.N=[C-]N[C-]=N. The maximum atomic E-state index is 11.2. The molecule has 6 nitrogen and oxygen atoms in total. The summed E-state index contributed by atoms with van der Waals surface area (Å²) in [7, 11) is 1.41. The molecule has 0 aromatic heterocycles. The van der Waals surface area contributed by atoms with E-state index in [9.17, 15) is 4.21 Å². The molecule has 1 heterocycles. The summed E-state index contributed by atoms with van der Waals surface area (Å²) in [6.07, 6.45) is 7.97. The molecule has 2 atom stereocenters. The number of rotatable bonds is 6. The largest absolute Gasteiger partial charge is 0.683 e. The topological polar surface area (TPSA) is 83.3 Å². The van der Waals surface area contributed by atoms with Crippen LogP contribution in [0.2, 0.25) is 0 Å². The van der Waals surface area contributed by atoms with Crippen molar-refractivity contribution in [3.8, 4) is 0 Å². The van der Waals surface area contributed by atoms with E-state index in [1.54, 1.807) is 12.7 Å². The first kappa shape index (κ1) is 16.6. The molecule has 0 saturated carbocycles. The van der Waals surface area contributed by atoms with Crippen molar-refractivity contribution < 1.29 is 4.21 Å². The van der Waals surface area contributed by atoms with Crippen molar-refractivity contribution in [1.29, 1.82) is 10.8 Å². The first-order valence-electron chi connectivity index (χ1n) is 5.66. The van der Waals surface area contributed by atoms with Gasteiger partial charge in [0, 0.05) is 48.3 Å². The third-order valence-corrected chi connectivity index (χ3v) is 3.87. The fourth-order valence-corrected chi connectivity index (χ4v) is 2.02. The predicted octanol–water partition coefficient (Wildman–Crippen LogP) is 0.364. The van der Waals surface area contributed by atoms with Crippen LogP contribution in [0.15, 0.2) is 12.4 Å². The molecule has 0 aromatic rings. The van der Waals surface area contributed by atoms with Crippen molar-refractivity contribution in [2.75, 3.05) is 25.1 Å². The van der Waals surface area contributed by atoms with Gasteiger partial charge in [0.2, 0.25) is 0 Å². The third-order valence-electron chi connectivity index (χ3n) is 2.59.